The van der Waals surface area contributed by atoms with Gasteiger partial charge in [-0.2, -0.15) is 5.10 Å². The topological polar surface area (TPSA) is 81.7 Å². The second-order valence-corrected chi connectivity index (χ2v) is 5.59. The zero-order chi connectivity index (χ0) is 13.9. The van der Waals surface area contributed by atoms with Crippen LogP contribution in [0.1, 0.15) is 11.8 Å². The summed E-state index contributed by atoms with van der Waals surface area (Å²) in [6, 6.07) is 2.16. The molecule has 3 rings (SSSR count). The van der Waals surface area contributed by atoms with Gasteiger partial charge in [-0.05, 0) is 12.5 Å². The van der Waals surface area contributed by atoms with Crippen molar-refractivity contribution in [1.29, 1.82) is 0 Å². The van der Waals surface area contributed by atoms with Crippen LogP contribution in [0.3, 0.4) is 0 Å². The lowest BCUT2D eigenvalue weighted by Crippen LogP contribution is -2.11. The van der Waals surface area contributed by atoms with Crippen molar-refractivity contribution < 1.29 is 0 Å². The van der Waals surface area contributed by atoms with Gasteiger partial charge in [0.15, 0.2) is 0 Å². The Bertz CT molecular complexity index is 717. The summed E-state index contributed by atoms with van der Waals surface area (Å²) in [5.74, 6) is 0.881. The van der Waals surface area contributed by atoms with Crippen LogP contribution in [0.2, 0.25) is 0 Å². The summed E-state index contributed by atoms with van der Waals surface area (Å²) in [6.45, 7) is 3.63. The van der Waals surface area contributed by atoms with Gasteiger partial charge in [0.25, 0.3) is 0 Å². The predicted molar refractivity (Wildman–Crippen MR) is 81.9 cm³/mol. The number of aryl methyl sites for hydroxylation is 1. The smallest absolute Gasteiger partial charge is 0.138 e. The standard InChI is InChI=1S/C13H16N6S/c1-2-10-5-11-12(16-8-17-13(11)20-10)15-3-4-19-7-9(14)6-18-19/h5-8H,2-4,14H2,1H3,(H,15,16,17). The summed E-state index contributed by atoms with van der Waals surface area (Å²) in [5.41, 5.74) is 6.31. The maximum atomic E-state index is 5.63. The van der Waals surface area contributed by atoms with E-state index in [0.717, 1.165) is 35.5 Å². The molecule has 3 aromatic heterocycles. The first-order valence-corrected chi connectivity index (χ1v) is 7.33. The van der Waals surface area contributed by atoms with Crippen LogP contribution in [0.4, 0.5) is 11.5 Å². The van der Waals surface area contributed by atoms with Crippen LogP contribution in [0.15, 0.2) is 24.8 Å². The lowest BCUT2D eigenvalue weighted by Gasteiger charge is -2.06. The highest BCUT2D eigenvalue weighted by molar-refractivity contribution is 7.18. The average Bonchev–Trinajstić information content (AvgIpc) is 3.05. The third-order valence-electron chi connectivity index (χ3n) is 3.02. The molecular weight excluding hydrogens is 272 g/mol. The summed E-state index contributed by atoms with van der Waals surface area (Å²) in [6.07, 6.45) is 6.09. The molecular formula is C13H16N6S. The fourth-order valence-electron chi connectivity index (χ4n) is 2.01. The quantitative estimate of drug-likeness (QED) is 0.751. The van der Waals surface area contributed by atoms with E-state index in [0.29, 0.717) is 5.69 Å². The molecule has 0 saturated heterocycles. The zero-order valence-electron chi connectivity index (χ0n) is 11.2. The van der Waals surface area contributed by atoms with Gasteiger partial charge >= 0.3 is 0 Å². The third kappa shape index (κ3) is 2.57. The van der Waals surface area contributed by atoms with Gasteiger partial charge in [-0.25, -0.2) is 9.97 Å². The van der Waals surface area contributed by atoms with Crippen molar-refractivity contribution in [3.63, 3.8) is 0 Å². The molecule has 0 aliphatic rings. The highest BCUT2D eigenvalue weighted by atomic mass is 32.1. The van der Waals surface area contributed by atoms with Gasteiger partial charge in [0, 0.05) is 17.6 Å². The monoisotopic (exact) mass is 288 g/mol. The van der Waals surface area contributed by atoms with E-state index in [1.807, 2.05) is 10.9 Å². The van der Waals surface area contributed by atoms with Crippen molar-refractivity contribution in [3.8, 4) is 0 Å². The summed E-state index contributed by atoms with van der Waals surface area (Å²) in [5, 5.41) is 8.58. The minimum atomic E-state index is 0.680. The van der Waals surface area contributed by atoms with Crippen LogP contribution in [-0.2, 0) is 13.0 Å². The molecule has 3 aromatic rings. The molecule has 0 fully saturated rings. The van der Waals surface area contributed by atoms with E-state index in [-0.39, 0.29) is 0 Å². The molecule has 3 heterocycles. The maximum absolute atomic E-state index is 5.63. The molecule has 6 nitrogen and oxygen atoms in total. The van der Waals surface area contributed by atoms with E-state index in [4.69, 9.17) is 5.73 Å². The summed E-state index contributed by atoms with van der Waals surface area (Å²) in [7, 11) is 0. The number of aromatic nitrogens is 4. The Kier molecular flexibility index (Phi) is 3.51. The van der Waals surface area contributed by atoms with Crippen LogP contribution < -0.4 is 11.1 Å². The van der Waals surface area contributed by atoms with E-state index >= 15 is 0 Å². The van der Waals surface area contributed by atoms with E-state index in [2.05, 4.69) is 33.4 Å². The van der Waals surface area contributed by atoms with Gasteiger partial charge in [-0.15, -0.1) is 11.3 Å². The number of fused-ring (bicyclic) bond motifs is 1. The molecule has 7 heteroatoms. The van der Waals surface area contributed by atoms with Gasteiger partial charge in [-0.1, -0.05) is 6.92 Å². The van der Waals surface area contributed by atoms with Gasteiger partial charge in [0.05, 0.1) is 23.8 Å². The van der Waals surface area contributed by atoms with Crippen molar-refractivity contribution >= 4 is 33.1 Å². The number of nitrogens with zero attached hydrogens (tertiary/aromatic N) is 4. The molecule has 0 atom stereocenters. The number of rotatable bonds is 5. The van der Waals surface area contributed by atoms with Crippen molar-refractivity contribution in [3.05, 3.63) is 29.7 Å². The molecule has 0 aromatic carbocycles. The van der Waals surface area contributed by atoms with Crippen LogP contribution in [0.5, 0.6) is 0 Å². The first-order valence-electron chi connectivity index (χ1n) is 6.51. The average molecular weight is 288 g/mol. The lowest BCUT2D eigenvalue weighted by atomic mass is 10.3. The molecule has 0 aliphatic heterocycles. The molecule has 0 unspecified atom stereocenters. The van der Waals surface area contributed by atoms with Crippen molar-refractivity contribution in [2.75, 3.05) is 17.6 Å². The van der Waals surface area contributed by atoms with Gasteiger partial charge in [0.2, 0.25) is 0 Å². The molecule has 3 N–H and O–H groups in total. The maximum Gasteiger partial charge on any atom is 0.138 e. The van der Waals surface area contributed by atoms with Gasteiger partial charge < -0.3 is 11.1 Å². The molecule has 0 saturated carbocycles. The Labute approximate surface area is 120 Å². The molecule has 104 valence electrons. The summed E-state index contributed by atoms with van der Waals surface area (Å²) >= 11 is 1.72. The van der Waals surface area contributed by atoms with E-state index < -0.39 is 0 Å². The van der Waals surface area contributed by atoms with E-state index in [9.17, 15) is 0 Å². The van der Waals surface area contributed by atoms with Gasteiger partial charge in [-0.3, -0.25) is 4.68 Å². The largest absolute Gasteiger partial charge is 0.396 e. The fourth-order valence-corrected chi connectivity index (χ4v) is 2.95. The highest BCUT2D eigenvalue weighted by Gasteiger charge is 2.07. The summed E-state index contributed by atoms with van der Waals surface area (Å²) < 4.78 is 1.81. The number of thiophene rings is 1. The SMILES string of the molecule is CCc1cc2c(NCCn3cc(N)cn3)ncnc2s1. The first kappa shape index (κ1) is 12.9. The Hall–Kier alpha value is -2.15. The second-order valence-electron chi connectivity index (χ2n) is 4.47. The van der Waals surface area contributed by atoms with Crippen LogP contribution in [0.25, 0.3) is 10.2 Å². The third-order valence-corrected chi connectivity index (χ3v) is 4.20. The van der Waals surface area contributed by atoms with Crippen LogP contribution in [0, 0.1) is 0 Å². The Morgan fingerprint density at radius 2 is 2.30 bits per heavy atom. The number of hydrogen-bond acceptors (Lipinski definition) is 6. The minimum absolute atomic E-state index is 0.680. The molecule has 0 amide bonds. The second kappa shape index (κ2) is 5.46. The predicted octanol–water partition coefficient (Wildman–Crippen LogP) is 2.14. The minimum Gasteiger partial charge on any atom is -0.396 e. The number of nitrogens with two attached hydrogens (primary N) is 1. The fraction of sp³-hybridized carbons (Fsp3) is 0.308. The Morgan fingerprint density at radius 1 is 1.40 bits per heavy atom. The normalized spacial score (nSPS) is 11.1. The number of nitrogen functional groups attached to an aromatic ring is 1. The number of nitrogens with one attached hydrogen (secondary N) is 1. The number of hydrogen-bond donors (Lipinski definition) is 2. The van der Waals surface area contributed by atoms with Crippen LogP contribution in [-0.4, -0.2) is 26.3 Å². The zero-order valence-corrected chi connectivity index (χ0v) is 12.0. The first-order chi connectivity index (χ1) is 9.76. The van der Waals surface area contributed by atoms with Gasteiger partial charge in [0.1, 0.15) is 17.0 Å². The molecule has 0 aliphatic carbocycles. The highest BCUT2D eigenvalue weighted by Crippen LogP contribution is 2.28. The van der Waals surface area contributed by atoms with Crippen LogP contribution >= 0.6 is 11.3 Å². The molecule has 0 spiro atoms. The number of anilines is 2. The molecule has 20 heavy (non-hydrogen) atoms. The van der Waals surface area contributed by atoms with Crippen molar-refractivity contribution in [2.24, 2.45) is 0 Å². The molecule has 0 bridgehead atoms. The Morgan fingerprint density at radius 3 is 3.05 bits per heavy atom. The van der Waals surface area contributed by atoms with E-state index in [1.54, 1.807) is 23.9 Å². The van der Waals surface area contributed by atoms with Crippen molar-refractivity contribution in [2.45, 2.75) is 19.9 Å². The lowest BCUT2D eigenvalue weighted by molar-refractivity contribution is 0.637. The summed E-state index contributed by atoms with van der Waals surface area (Å²) in [4.78, 5) is 11.0. The van der Waals surface area contributed by atoms with Crippen molar-refractivity contribution in [1.82, 2.24) is 19.7 Å². The Balaban J connectivity index is 1.72. The molecule has 0 radical (unpaired) electrons. The van der Waals surface area contributed by atoms with E-state index in [1.165, 1.54) is 4.88 Å².